The molecule has 1 aliphatic carbocycles. The van der Waals surface area contributed by atoms with Gasteiger partial charge in [0, 0.05) is 30.3 Å². The number of hydrogen-bond acceptors (Lipinski definition) is 5. The zero-order valence-electron chi connectivity index (χ0n) is 12.5. The molecule has 120 valence electrons. The number of carbonyl (C=O) groups is 1. The van der Waals surface area contributed by atoms with E-state index in [4.69, 9.17) is 9.47 Å². The minimum Gasteiger partial charge on any atom is -0.472 e. The summed E-state index contributed by atoms with van der Waals surface area (Å²) < 4.78 is 11.0. The lowest BCUT2D eigenvalue weighted by atomic mass is 9.93. The molecule has 1 aromatic rings. The Balaban J connectivity index is 1.57. The zero-order chi connectivity index (χ0) is 15.4. The number of rotatable bonds is 4. The molecule has 1 atom stereocenters. The first-order valence-electron chi connectivity index (χ1n) is 7.90. The van der Waals surface area contributed by atoms with Crippen LogP contribution in [0.25, 0.3) is 0 Å². The van der Waals surface area contributed by atoms with Crippen molar-refractivity contribution in [1.29, 1.82) is 0 Å². The van der Waals surface area contributed by atoms with Crippen LogP contribution in [0.4, 0.5) is 0 Å². The van der Waals surface area contributed by atoms with Crippen molar-refractivity contribution in [3.8, 4) is 5.88 Å². The van der Waals surface area contributed by atoms with Crippen LogP contribution in [-0.2, 0) is 4.74 Å². The van der Waals surface area contributed by atoms with Gasteiger partial charge in [0.1, 0.15) is 6.10 Å². The van der Waals surface area contributed by atoms with Gasteiger partial charge in [0.25, 0.3) is 5.91 Å². The summed E-state index contributed by atoms with van der Waals surface area (Å²) in [6.45, 7) is 1.28. The maximum absolute atomic E-state index is 12.3. The summed E-state index contributed by atoms with van der Waals surface area (Å²) >= 11 is 0. The van der Waals surface area contributed by atoms with Gasteiger partial charge in [0.2, 0.25) is 5.88 Å². The van der Waals surface area contributed by atoms with Crippen LogP contribution >= 0.6 is 0 Å². The van der Waals surface area contributed by atoms with Gasteiger partial charge in [-0.25, -0.2) is 4.98 Å². The molecule has 1 unspecified atom stereocenters. The summed E-state index contributed by atoms with van der Waals surface area (Å²) in [7, 11) is 0. The fraction of sp³-hybridized carbons (Fsp3) is 0.625. The predicted molar refractivity (Wildman–Crippen MR) is 79.8 cm³/mol. The van der Waals surface area contributed by atoms with E-state index in [1.54, 1.807) is 18.3 Å². The number of hydrogen-bond donors (Lipinski definition) is 2. The molecule has 3 rings (SSSR count). The first-order valence-corrected chi connectivity index (χ1v) is 7.90. The van der Waals surface area contributed by atoms with Crippen molar-refractivity contribution >= 4 is 5.91 Å². The predicted octanol–water partition coefficient (Wildman–Crippen LogP) is 1.28. The van der Waals surface area contributed by atoms with Crippen molar-refractivity contribution in [3.05, 3.63) is 23.9 Å². The molecule has 6 heteroatoms. The van der Waals surface area contributed by atoms with Gasteiger partial charge in [-0.3, -0.25) is 4.79 Å². The van der Waals surface area contributed by atoms with E-state index in [0.29, 0.717) is 24.7 Å². The summed E-state index contributed by atoms with van der Waals surface area (Å²) in [6, 6.07) is 3.49. The highest BCUT2D eigenvalue weighted by Gasteiger charge is 2.22. The third-order valence-electron chi connectivity index (χ3n) is 4.20. The SMILES string of the molecule is O=C(NC1CCC(O)CC1)c1ccnc(OC2CCOC2)c1. The smallest absolute Gasteiger partial charge is 0.251 e. The molecular formula is C16H22N2O4. The molecule has 6 nitrogen and oxygen atoms in total. The Morgan fingerprint density at radius 1 is 1.32 bits per heavy atom. The number of nitrogens with zero attached hydrogens (tertiary/aromatic N) is 1. The van der Waals surface area contributed by atoms with E-state index in [-0.39, 0.29) is 24.2 Å². The number of aliphatic hydroxyl groups excluding tert-OH is 1. The van der Waals surface area contributed by atoms with E-state index < -0.39 is 0 Å². The number of nitrogens with one attached hydrogen (secondary N) is 1. The van der Waals surface area contributed by atoms with Crippen LogP contribution in [0.2, 0.25) is 0 Å². The Labute approximate surface area is 129 Å². The molecule has 0 aromatic carbocycles. The van der Waals surface area contributed by atoms with Crippen LogP contribution < -0.4 is 10.1 Å². The molecule has 1 aromatic heterocycles. The standard InChI is InChI=1S/C16H22N2O4/c19-13-3-1-12(2-4-13)18-16(20)11-5-7-17-15(9-11)22-14-6-8-21-10-14/h5,7,9,12-14,19H,1-4,6,8,10H2,(H,18,20). The number of amides is 1. The minimum absolute atomic E-state index is 0.0191. The topological polar surface area (TPSA) is 80.7 Å². The fourth-order valence-corrected chi connectivity index (χ4v) is 2.88. The summed E-state index contributed by atoms with van der Waals surface area (Å²) in [5.74, 6) is 0.346. The van der Waals surface area contributed by atoms with Gasteiger partial charge in [-0.15, -0.1) is 0 Å². The largest absolute Gasteiger partial charge is 0.472 e. The van der Waals surface area contributed by atoms with E-state index in [2.05, 4.69) is 10.3 Å². The fourth-order valence-electron chi connectivity index (χ4n) is 2.88. The maximum atomic E-state index is 12.3. The number of carbonyl (C=O) groups excluding carboxylic acids is 1. The maximum Gasteiger partial charge on any atom is 0.251 e. The molecule has 1 aliphatic heterocycles. The third kappa shape index (κ3) is 3.96. The second-order valence-corrected chi connectivity index (χ2v) is 5.97. The normalized spacial score (nSPS) is 28.3. The summed E-state index contributed by atoms with van der Waals surface area (Å²) in [6.07, 6.45) is 5.37. The van der Waals surface area contributed by atoms with E-state index >= 15 is 0 Å². The average Bonchev–Trinajstić information content (AvgIpc) is 3.03. The first-order chi connectivity index (χ1) is 10.7. The molecule has 0 spiro atoms. The molecule has 1 saturated carbocycles. The van der Waals surface area contributed by atoms with Crippen LogP contribution in [0.1, 0.15) is 42.5 Å². The molecule has 0 bridgehead atoms. The van der Waals surface area contributed by atoms with E-state index in [1.807, 2.05) is 0 Å². The van der Waals surface area contributed by atoms with Crippen molar-refractivity contribution < 1.29 is 19.4 Å². The van der Waals surface area contributed by atoms with Crippen LogP contribution in [-0.4, -0.2) is 47.5 Å². The van der Waals surface area contributed by atoms with Crippen LogP contribution in [0, 0.1) is 0 Å². The Hall–Kier alpha value is -1.66. The highest BCUT2D eigenvalue weighted by molar-refractivity contribution is 5.94. The Kier molecular flexibility index (Phi) is 4.90. The molecule has 1 saturated heterocycles. The molecule has 22 heavy (non-hydrogen) atoms. The lowest BCUT2D eigenvalue weighted by molar-refractivity contribution is 0.0866. The first kappa shape index (κ1) is 15.2. The Morgan fingerprint density at radius 2 is 2.14 bits per heavy atom. The Bertz CT molecular complexity index is 509. The van der Waals surface area contributed by atoms with E-state index in [9.17, 15) is 9.90 Å². The van der Waals surface area contributed by atoms with E-state index in [0.717, 1.165) is 32.1 Å². The second kappa shape index (κ2) is 7.07. The van der Waals surface area contributed by atoms with Gasteiger partial charge < -0.3 is 19.9 Å². The van der Waals surface area contributed by atoms with Crippen molar-refractivity contribution in [2.24, 2.45) is 0 Å². The lowest BCUT2D eigenvalue weighted by Gasteiger charge is -2.26. The zero-order valence-corrected chi connectivity index (χ0v) is 12.5. The highest BCUT2D eigenvalue weighted by atomic mass is 16.5. The quantitative estimate of drug-likeness (QED) is 0.876. The van der Waals surface area contributed by atoms with Crippen molar-refractivity contribution in [3.63, 3.8) is 0 Å². The van der Waals surface area contributed by atoms with Crippen molar-refractivity contribution in [2.75, 3.05) is 13.2 Å². The molecule has 2 heterocycles. The number of pyridine rings is 1. The summed E-state index contributed by atoms with van der Waals surface area (Å²) in [4.78, 5) is 16.5. The van der Waals surface area contributed by atoms with E-state index in [1.165, 1.54) is 0 Å². The van der Waals surface area contributed by atoms with Gasteiger partial charge in [-0.05, 0) is 31.7 Å². The van der Waals surface area contributed by atoms with Crippen molar-refractivity contribution in [2.45, 2.75) is 50.4 Å². The molecule has 2 aliphatic rings. The molecule has 2 N–H and O–H groups in total. The van der Waals surface area contributed by atoms with Gasteiger partial charge in [0.05, 0.1) is 19.3 Å². The van der Waals surface area contributed by atoms with Crippen LogP contribution in [0.5, 0.6) is 5.88 Å². The van der Waals surface area contributed by atoms with Crippen LogP contribution in [0.15, 0.2) is 18.3 Å². The Morgan fingerprint density at radius 3 is 2.86 bits per heavy atom. The van der Waals surface area contributed by atoms with Crippen molar-refractivity contribution in [1.82, 2.24) is 10.3 Å². The second-order valence-electron chi connectivity index (χ2n) is 5.97. The lowest BCUT2D eigenvalue weighted by Crippen LogP contribution is -2.38. The molecule has 0 radical (unpaired) electrons. The average molecular weight is 306 g/mol. The number of aliphatic hydroxyl groups is 1. The molecule has 1 amide bonds. The minimum atomic E-state index is -0.220. The van der Waals surface area contributed by atoms with Gasteiger partial charge >= 0.3 is 0 Å². The van der Waals surface area contributed by atoms with Crippen LogP contribution in [0.3, 0.4) is 0 Å². The molecule has 2 fully saturated rings. The van der Waals surface area contributed by atoms with Gasteiger partial charge in [-0.1, -0.05) is 0 Å². The molecular weight excluding hydrogens is 284 g/mol. The number of aromatic nitrogens is 1. The third-order valence-corrected chi connectivity index (χ3v) is 4.20. The summed E-state index contributed by atoms with van der Waals surface area (Å²) in [5, 5.41) is 12.5. The highest BCUT2D eigenvalue weighted by Crippen LogP contribution is 2.20. The van der Waals surface area contributed by atoms with Gasteiger partial charge in [-0.2, -0.15) is 0 Å². The van der Waals surface area contributed by atoms with Gasteiger partial charge in [0.15, 0.2) is 0 Å². The monoisotopic (exact) mass is 306 g/mol. The summed E-state index contributed by atoms with van der Waals surface area (Å²) in [5.41, 5.74) is 0.551. The number of ether oxygens (including phenoxy) is 2.